The molecule has 0 saturated heterocycles. The molecule has 0 aliphatic carbocycles. The molecular weight excluding hydrogens is 252 g/mol. The Kier molecular flexibility index (Phi) is 5.58. The maximum Gasteiger partial charge on any atom is 0.342 e. The van der Waals surface area contributed by atoms with Crippen molar-refractivity contribution in [3.05, 3.63) is 23.8 Å². The van der Waals surface area contributed by atoms with Crippen LogP contribution in [-0.4, -0.2) is 29.2 Å². The predicted octanol–water partition coefficient (Wildman–Crippen LogP) is 2.48. The lowest BCUT2D eigenvalue weighted by Crippen LogP contribution is -2.12. The highest BCUT2D eigenvalue weighted by Gasteiger charge is 2.11. The normalized spacial score (nSPS) is 9.89. The topological polar surface area (TPSA) is 55.8 Å². The SMILES string of the molecule is CCOc1ccc(CC(=S)C(=O)O)cc1OCC. The number of hydrogen-bond acceptors (Lipinski definition) is 4. The molecule has 0 aliphatic rings. The zero-order chi connectivity index (χ0) is 13.5. The van der Waals surface area contributed by atoms with Crippen molar-refractivity contribution in [3.63, 3.8) is 0 Å². The van der Waals surface area contributed by atoms with Crippen LogP contribution in [0.15, 0.2) is 18.2 Å². The van der Waals surface area contributed by atoms with Crippen LogP contribution in [0, 0.1) is 0 Å². The molecule has 0 saturated carbocycles. The van der Waals surface area contributed by atoms with Gasteiger partial charge in [0.15, 0.2) is 11.5 Å². The van der Waals surface area contributed by atoms with Gasteiger partial charge in [0.25, 0.3) is 0 Å². The van der Waals surface area contributed by atoms with Gasteiger partial charge >= 0.3 is 5.97 Å². The molecule has 5 heteroatoms. The van der Waals surface area contributed by atoms with Gasteiger partial charge in [0, 0.05) is 6.42 Å². The van der Waals surface area contributed by atoms with E-state index in [9.17, 15) is 4.79 Å². The molecular formula is C13H16O4S. The van der Waals surface area contributed by atoms with Crippen LogP contribution in [0.5, 0.6) is 11.5 Å². The minimum absolute atomic E-state index is 0.0124. The largest absolute Gasteiger partial charge is 0.490 e. The average molecular weight is 268 g/mol. The molecule has 0 aliphatic heterocycles. The smallest absolute Gasteiger partial charge is 0.342 e. The van der Waals surface area contributed by atoms with Gasteiger partial charge in [0.2, 0.25) is 0 Å². The monoisotopic (exact) mass is 268 g/mol. The molecule has 98 valence electrons. The van der Waals surface area contributed by atoms with Gasteiger partial charge in [-0.15, -0.1) is 0 Å². The molecule has 0 unspecified atom stereocenters. The molecule has 0 aromatic heterocycles. The Morgan fingerprint density at radius 1 is 1.22 bits per heavy atom. The Labute approximate surface area is 112 Å². The number of ether oxygens (including phenoxy) is 2. The van der Waals surface area contributed by atoms with E-state index in [-0.39, 0.29) is 11.3 Å². The van der Waals surface area contributed by atoms with Crippen LogP contribution in [0.4, 0.5) is 0 Å². The quantitative estimate of drug-likeness (QED) is 0.770. The van der Waals surface area contributed by atoms with Crippen molar-refractivity contribution in [2.45, 2.75) is 20.3 Å². The van der Waals surface area contributed by atoms with Crippen molar-refractivity contribution in [2.75, 3.05) is 13.2 Å². The summed E-state index contributed by atoms with van der Waals surface area (Å²) in [6.07, 6.45) is 0.219. The number of rotatable bonds is 7. The molecule has 0 fully saturated rings. The molecule has 1 aromatic rings. The van der Waals surface area contributed by atoms with E-state index in [1.54, 1.807) is 18.2 Å². The van der Waals surface area contributed by atoms with E-state index < -0.39 is 5.97 Å². The second-order valence-electron chi connectivity index (χ2n) is 3.55. The number of carbonyl (C=O) groups is 1. The van der Waals surface area contributed by atoms with Crippen molar-refractivity contribution in [3.8, 4) is 11.5 Å². The van der Waals surface area contributed by atoms with E-state index in [1.165, 1.54) is 0 Å². The van der Waals surface area contributed by atoms with Crippen molar-refractivity contribution >= 4 is 23.1 Å². The van der Waals surface area contributed by atoms with Crippen molar-refractivity contribution in [1.82, 2.24) is 0 Å². The lowest BCUT2D eigenvalue weighted by molar-refractivity contribution is -0.129. The molecule has 0 radical (unpaired) electrons. The molecule has 0 amide bonds. The van der Waals surface area contributed by atoms with Crippen LogP contribution in [-0.2, 0) is 11.2 Å². The summed E-state index contributed by atoms with van der Waals surface area (Å²) in [5.74, 6) is 0.214. The van der Waals surface area contributed by atoms with Crippen LogP contribution in [0.25, 0.3) is 0 Å². The van der Waals surface area contributed by atoms with Gasteiger partial charge in [-0.2, -0.15) is 0 Å². The second-order valence-corrected chi connectivity index (χ2v) is 4.05. The Morgan fingerprint density at radius 2 is 1.83 bits per heavy atom. The zero-order valence-corrected chi connectivity index (χ0v) is 11.3. The summed E-state index contributed by atoms with van der Waals surface area (Å²) in [6, 6.07) is 5.33. The Hall–Kier alpha value is -1.62. The molecule has 0 atom stereocenters. The van der Waals surface area contributed by atoms with Gasteiger partial charge in [-0.3, -0.25) is 0 Å². The highest BCUT2D eigenvalue weighted by Crippen LogP contribution is 2.28. The van der Waals surface area contributed by atoms with Crippen molar-refractivity contribution in [2.24, 2.45) is 0 Å². The molecule has 0 spiro atoms. The minimum Gasteiger partial charge on any atom is -0.490 e. The van der Waals surface area contributed by atoms with E-state index in [4.69, 9.17) is 26.8 Å². The molecule has 1 aromatic carbocycles. The van der Waals surface area contributed by atoms with Crippen LogP contribution in [0.1, 0.15) is 19.4 Å². The maximum atomic E-state index is 10.7. The van der Waals surface area contributed by atoms with E-state index in [0.29, 0.717) is 24.7 Å². The number of thiocarbonyl (C=S) groups is 1. The lowest BCUT2D eigenvalue weighted by atomic mass is 10.1. The summed E-state index contributed by atoms with van der Waals surface area (Å²) in [6.45, 7) is 4.84. The van der Waals surface area contributed by atoms with Gasteiger partial charge in [-0.1, -0.05) is 18.3 Å². The molecule has 0 heterocycles. The number of aliphatic carboxylic acids is 1. The number of benzene rings is 1. The van der Waals surface area contributed by atoms with E-state index in [2.05, 4.69) is 0 Å². The first-order valence-electron chi connectivity index (χ1n) is 5.73. The second kappa shape index (κ2) is 6.96. The van der Waals surface area contributed by atoms with Gasteiger partial charge in [-0.25, -0.2) is 4.79 Å². The molecule has 4 nitrogen and oxygen atoms in total. The van der Waals surface area contributed by atoms with E-state index >= 15 is 0 Å². The summed E-state index contributed by atoms with van der Waals surface area (Å²) in [4.78, 5) is 10.7. The summed E-state index contributed by atoms with van der Waals surface area (Å²) in [7, 11) is 0. The van der Waals surface area contributed by atoms with Crippen LogP contribution < -0.4 is 9.47 Å². The fourth-order valence-corrected chi connectivity index (χ4v) is 1.63. The fourth-order valence-electron chi connectivity index (χ4n) is 1.47. The van der Waals surface area contributed by atoms with E-state index in [1.807, 2.05) is 13.8 Å². The van der Waals surface area contributed by atoms with E-state index in [0.717, 1.165) is 5.56 Å². The van der Waals surface area contributed by atoms with Crippen LogP contribution in [0.2, 0.25) is 0 Å². The lowest BCUT2D eigenvalue weighted by Gasteiger charge is -2.12. The number of hydrogen-bond donors (Lipinski definition) is 1. The molecule has 18 heavy (non-hydrogen) atoms. The predicted molar refractivity (Wildman–Crippen MR) is 72.7 cm³/mol. The third kappa shape index (κ3) is 4.00. The Balaban J connectivity index is 2.91. The van der Waals surface area contributed by atoms with Gasteiger partial charge in [-0.05, 0) is 31.5 Å². The molecule has 1 N–H and O–H groups in total. The summed E-state index contributed by atoms with van der Waals surface area (Å²) in [5, 5.41) is 8.76. The van der Waals surface area contributed by atoms with Crippen molar-refractivity contribution < 1.29 is 19.4 Å². The van der Waals surface area contributed by atoms with Gasteiger partial charge in [0.05, 0.1) is 13.2 Å². The molecule has 1 rings (SSSR count). The Bertz CT molecular complexity index is 443. The highest BCUT2D eigenvalue weighted by molar-refractivity contribution is 7.82. The molecule has 0 bridgehead atoms. The zero-order valence-electron chi connectivity index (χ0n) is 10.4. The number of carboxylic acid groups (broad SMARTS) is 1. The summed E-state index contributed by atoms with van der Waals surface area (Å²) < 4.78 is 10.9. The first-order valence-corrected chi connectivity index (χ1v) is 6.14. The third-order valence-corrected chi connectivity index (χ3v) is 2.53. The van der Waals surface area contributed by atoms with Gasteiger partial charge < -0.3 is 14.6 Å². The average Bonchev–Trinajstić information content (AvgIpc) is 2.33. The standard InChI is InChI=1S/C13H16O4S/c1-3-16-10-6-5-9(7-11(10)17-4-2)8-12(18)13(14)15/h5-7H,3-4,8H2,1-2H3,(H,14,15). The highest BCUT2D eigenvalue weighted by atomic mass is 32.1. The van der Waals surface area contributed by atoms with Gasteiger partial charge in [0.1, 0.15) is 4.86 Å². The third-order valence-electron chi connectivity index (χ3n) is 2.21. The van der Waals surface area contributed by atoms with Crippen LogP contribution >= 0.6 is 12.2 Å². The first-order chi connectivity index (χ1) is 8.58. The van der Waals surface area contributed by atoms with Crippen molar-refractivity contribution in [1.29, 1.82) is 0 Å². The fraction of sp³-hybridized carbons (Fsp3) is 0.385. The minimum atomic E-state index is -1.06. The first kappa shape index (κ1) is 14.4. The summed E-state index contributed by atoms with van der Waals surface area (Å²) in [5.41, 5.74) is 0.800. The summed E-state index contributed by atoms with van der Waals surface area (Å²) >= 11 is 4.78. The Morgan fingerprint density at radius 3 is 2.39 bits per heavy atom. The maximum absolute atomic E-state index is 10.7. The van der Waals surface area contributed by atoms with Crippen LogP contribution in [0.3, 0.4) is 0 Å². The number of carboxylic acids is 1.